The van der Waals surface area contributed by atoms with Gasteiger partial charge in [0, 0.05) is 25.7 Å². The average Bonchev–Trinajstić information content (AvgIpc) is 2.00. The van der Waals surface area contributed by atoms with E-state index in [2.05, 4.69) is 5.32 Å². The van der Waals surface area contributed by atoms with Crippen molar-refractivity contribution in [2.45, 2.75) is 26.3 Å². The molecule has 1 saturated heterocycles. The first kappa shape index (κ1) is 10.9. The Morgan fingerprint density at radius 2 is 2.00 bits per heavy atom. The van der Waals surface area contributed by atoms with Crippen LogP contribution in [0.15, 0.2) is 0 Å². The maximum absolute atomic E-state index is 11.6. The van der Waals surface area contributed by atoms with Crippen molar-refractivity contribution in [2.24, 2.45) is 0 Å². The van der Waals surface area contributed by atoms with Crippen molar-refractivity contribution < 1.29 is 8.42 Å². The van der Waals surface area contributed by atoms with Gasteiger partial charge in [0.2, 0.25) is 10.0 Å². The molecule has 4 nitrogen and oxygen atoms in total. The highest BCUT2D eigenvalue weighted by molar-refractivity contribution is 7.89. The van der Waals surface area contributed by atoms with Gasteiger partial charge in [0.25, 0.3) is 0 Å². The molecule has 1 rings (SSSR count). The van der Waals surface area contributed by atoms with Crippen LogP contribution in [0.2, 0.25) is 0 Å². The van der Waals surface area contributed by atoms with E-state index in [1.807, 2.05) is 6.92 Å². The molecule has 0 aromatic carbocycles. The SMILES string of the molecule is CCCN(C1CNC1)S(=O)(=O)CC. The van der Waals surface area contributed by atoms with E-state index in [0.717, 1.165) is 19.5 Å². The van der Waals surface area contributed by atoms with Gasteiger partial charge in [-0.2, -0.15) is 4.31 Å². The zero-order valence-corrected chi connectivity index (χ0v) is 9.10. The van der Waals surface area contributed by atoms with Gasteiger partial charge in [-0.25, -0.2) is 8.42 Å². The van der Waals surface area contributed by atoms with E-state index in [4.69, 9.17) is 0 Å². The Balaban J connectivity index is 2.66. The molecule has 1 N–H and O–H groups in total. The zero-order valence-electron chi connectivity index (χ0n) is 8.28. The van der Waals surface area contributed by atoms with Gasteiger partial charge >= 0.3 is 0 Å². The van der Waals surface area contributed by atoms with Crippen LogP contribution in [0, 0.1) is 0 Å². The van der Waals surface area contributed by atoms with Crippen molar-refractivity contribution in [3.63, 3.8) is 0 Å². The lowest BCUT2D eigenvalue weighted by atomic mass is 10.2. The summed E-state index contributed by atoms with van der Waals surface area (Å²) >= 11 is 0. The Hall–Kier alpha value is -0.130. The summed E-state index contributed by atoms with van der Waals surface area (Å²) in [4.78, 5) is 0. The van der Waals surface area contributed by atoms with E-state index in [0.29, 0.717) is 6.54 Å². The molecule has 0 aromatic rings. The molecule has 5 heteroatoms. The summed E-state index contributed by atoms with van der Waals surface area (Å²) in [6, 6.07) is 0.199. The predicted octanol–water partition coefficient (Wildman–Crippen LogP) is 0.0199. The van der Waals surface area contributed by atoms with E-state index in [1.165, 1.54) is 0 Å². The smallest absolute Gasteiger partial charge is 0.214 e. The van der Waals surface area contributed by atoms with Crippen LogP contribution in [0.4, 0.5) is 0 Å². The van der Waals surface area contributed by atoms with Crippen LogP contribution >= 0.6 is 0 Å². The summed E-state index contributed by atoms with van der Waals surface area (Å²) in [6.45, 7) is 5.97. The third-order valence-corrected chi connectivity index (χ3v) is 4.26. The van der Waals surface area contributed by atoms with Crippen molar-refractivity contribution >= 4 is 10.0 Å². The maximum Gasteiger partial charge on any atom is 0.214 e. The highest BCUT2D eigenvalue weighted by Crippen LogP contribution is 2.12. The van der Waals surface area contributed by atoms with Gasteiger partial charge < -0.3 is 5.32 Å². The van der Waals surface area contributed by atoms with Gasteiger partial charge in [-0.3, -0.25) is 0 Å². The molecule has 0 aliphatic carbocycles. The minimum Gasteiger partial charge on any atom is -0.313 e. The quantitative estimate of drug-likeness (QED) is 0.690. The monoisotopic (exact) mass is 206 g/mol. The molecular formula is C8H18N2O2S. The molecule has 0 saturated carbocycles. The lowest BCUT2D eigenvalue weighted by molar-refractivity contribution is 0.242. The van der Waals surface area contributed by atoms with Crippen LogP contribution in [0.5, 0.6) is 0 Å². The molecule has 78 valence electrons. The molecule has 1 aliphatic rings. The fourth-order valence-electron chi connectivity index (χ4n) is 1.41. The van der Waals surface area contributed by atoms with Crippen LogP contribution in [0.25, 0.3) is 0 Å². The topological polar surface area (TPSA) is 49.4 Å². The normalized spacial score (nSPS) is 19.0. The third kappa shape index (κ3) is 2.42. The summed E-state index contributed by atoms with van der Waals surface area (Å²) < 4.78 is 24.9. The number of sulfonamides is 1. The number of nitrogens with one attached hydrogen (secondary N) is 1. The van der Waals surface area contributed by atoms with Crippen LogP contribution in [-0.2, 0) is 10.0 Å². The Morgan fingerprint density at radius 1 is 1.38 bits per heavy atom. The molecule has 0 spiro atoms. The maximum atomic E-state index is 11.6. The molecule has 0 aromatic heterocycles. The molecule has 0 atom stereocenters. The third-order valence-electron chi connectivity index (χ3n) is 2.33. The van der Waals surface area contributed by atoms with Gasteiger partial charge in [0.05, 0.1) is 5.75 Å². The molecule has 0 radical (unpaired) electrons. The molecule has 0 bridgehead atoms. The largest absolute Gasteiger partial charge is 0.313 e. The molecule has 1 fully saturated rings. The first-order valence-electron chi connectivity index (χ1n) is 4.82. The van der Waals surface area contributed by atoms with Gasteiger partial charge in [0.1, 0.15) is 0 Å². The lowest BCUT2D eigenvalue weighted by Crippen LogP contribution is -2.59. The van der Waals surface area contributed by atoms with Crippen LogP contribution in [0.1, 0.15) is 20.3 Å². The number of hydrogen-bond donors (Lipinski definition) is 1. The molecular weight excluding hydrogens is 188 g/mol. The molecule has 1 heterocycles. The van der Waals surface area contributed by atoms with E-state index in [-0.39, 0.29) is 11.8 Å². The van der Waals surface area contributed by atoms with Crippen molar-refractivity contribution in [1.29, 1.82) is 0 Å². The molecule has 0 amide bonds. The number of hydrogen-bond acceptors (Lipinski definition) is 3. The summed E-state index contributed by atoms with van der Waals surface area (Å²) in [7, 11) is -2.99. The van der Waals surface area contributed by atoms with Crippen LogP contribution in [-0.4, -0.2) is 44.2 Å². The standard InChI is InChI=1S/C8H18N2O2S/c1-3-5-10(8-6-9-7-8)13(11,12)4-2/h8-9H,3-7H2,1-2H3. The summed E-state index contributed by atoms with van der Waals surface area (Å²) in [5, 5.41) is 3.09. The second kappa shape index (κ2) is 4.39. The molecule has 0 unspecified atom stereocenters. The van der Waals surface area contributed by atoms with Crippen molar-refractivity contribution in [3.05, 3.63) is 0 Å². The van der Waals surface area contributed by atoms with Crippen LogP contribution in [0.3, 0.4) is 0 Å². The first-order chi connectivity index (χ1) is 6.11. The average molecular weight is 206 g/mol. The summed E-state index contributed by atoms with van der Waals surface area (Å²) in [5.74, 6) is 0.212. The minimum absolute atomic E-state index is 0.199. The fraction of sp³-hybridized carbons (Fsp3) is 1.00. The van der Waals surface area contributed by atoms with E-state index in [9.17, 15) is 8.42 Å². The van der Waals surface area contributed by atoms with E-state index >= 15 is 0 Å². The predicted molar refractivity (Wildman–Crippen MR) is 53.1 cm³/mol. The van der Waals surface area contributed by atoms with Gasteiger partial charge in [-0.15, -0.1) is 0 Å². The second-order valence-electron chi connectivity index (χ2n) is 3.32. The van der Waals surface area contributed by atoms with Crippen molar-refractivity contribution in [3.8, 4) is 0 Å². The van der Waals surface area contributed by atoms with Crippen LogP contribution < -0.4 is 5.32 Å². The van der Waals surface area contributed by atoms with E-state index < -0.39 is 10.0 Å². The summed E-state index contributed by atoms with van der Waals surface area (Å²) in [6.07, 6.45) is 0.885. The molecule has 1 aliphatic heterocycles. The first-order valence-corrected chi connectivity index (χ1v) is 6.43. The van der Waals surface area contributed by atoms with Gasteiger partial charge in [-0.05, 0) is 13.3 Å². The lowest BCUT2D eigenvalue weighted by Gasteiger charge is -2.36. The Kier molecular flexibility index (Phi) is 3.70. The summed E-state index contributed by atoms with van der Waals surface area (Å²) in [5.41, 5.74) is 0. The number of nitrogens with zero attached hydrogens (tertiary/aromatic N) is 1. The Labute approximate surface area is 80.4 Å². The minimum atomic E-state index is -2.99. The van der Waals surface area contributed by atoms with Gasteiger partial charge in [-0.1, -0.05) is 6.92 Å². The fourth-order valence-corrected chi connectivity index (χ4v) is 2.81. The van der Waals surface area contributed by atoms with E-state index in [1.54, 1.807) is 11.2 Å². The zero-order chi connectivity index (χ0) is 9.90. The highest BCUT2D eigenvalue weighted by atomic mass is 32.2. The van der Waals surface area contributed by atoms with Crippen molar-refractivity contribution in [1.82, 2.24) is 9.62 Å². The highest BCUT2D eigenvalue weighted by Gasteiger charge is 2.31. The number of rotatable bonds is 5. The second-order valence-corrected chi connectivity index (χ2v) is 5.53. The van der Waals surface area contributed by atoms with Gasteiger partial charge in [0.15, 0.2) is 0 Å². The van der Waals surface area contributed by atoms with Crippen molar-refractivity contribution in [2.75, 3.05) is 25.4 Å². The Bertz CT molecular complexity index is 247. The molecule has 13 heavy (non-hydrogen) atoms. The Morgan fingerprint density at radius 3 is 2.31 bits per heavy atom.